The van der Waals surface area contributed by atoms with Crippen molar-refractivity contribution in [2.24, 2.45) is 0 Å². The highest BCUT2D eigenvalue weighted by atomic mass is 16.6. The summed E-state index contributed by atoms with van der Waals surface area (Å²) < 4.78 is 0. The number of aliphatic hydroxyl groups excluding tert-OH is 4. The molecule has 0 aliphatic heterocycles. The second-order valence-corrected chi connectivity index (χ2v) is 3.69. The lowest BCUT2D eigenvalue weighted by molar-refractivity contribution is -0.568. The Balaban J connectivity index is 3.06. The molecule has 8 nitrogen and oxygen atoms in total. The second-order valence-electron chi connectivity index (χ2n) is 3.69. The van der Waals surface area contributed by atoms with Crippen LogP contribution >= 0.6 is 0 Å². The Hall–Kier alpha value is -0.800. The molecule has 0 aromatic carbocycles. The molecule has 88 valence electrons. The molecule has 1 rings (SSSR count). The van der Waals surface area contributed by atoms with Gasteiger partial charge in [-0.1, -0.05) is 0 Å². The maximum absolute atomic E-state index is 10.6. The minimum absolute atomic E-state index is 0.422. The molecule has 1 aliphatic rings. The van der Waals surface area contributed by atoms with Crippen LogP contribution in [0.4, 0.5) is 0 Å². The molecule has 5 unspecified atom stereocenters. The van der Waals surface area contributed by atoms with Crippen LogP contribution in [0.3, 0.4) is 0 Å². The average molecular weight is 223 g/mol. The average Bonchev–Trinajstić information content (AvgIpc) is 2.13. The van der Waals surface area contributed by atoms with E-state index in [0.29, 0.717) is 0 Å². The third kappa shape index (κ3) is 1.82. The largest absolute Gasteiger partial charge is 0.393 e. The smallest absolute Gasteiger partial charge is 0.271 e. The minimum atomic E-state index is -2.53. The van der Waals surface area contributed by atoms with Crippen molar-refractivity contribution < 1.29 is 30.5 Å². The molecule has 5 atom stereocenters. The van der Waals surface area contributed by atoms with Gasteiger partial charge in [0.25, 0.3) is 6.04 Å². The molecule has 5 N–H and O–H groups in total. The highest BCUT2D eigenvalue weighted by Gasteiger charge is 2.60. The molecule has 0 saturated heterocycles. The lowest BCUT2D eigenvalue weighted by Crippen LogP contribution is -2.69. The first kappa shape index (κ1) is 12.3. The van der Waals surface area contributed by atoms with Crippen LogP contribution in [0.2, 0.25) is 0 Å². The topological polar surface area (TPSA) is 144 Å². The fourth-order valence-corrected chi connectivity index (χ4v) is 1.86. The molecule has 0 bridgehead atoms. The van der Waals surface area contributed by atoms with Crippen molar-refractivity contribution in [3.63, 3.8) is 0 Å². The standard InChI is InChI=1S/C7H13NO7/c9-2-7(13)5(8(14)15)3(10)1-4(11)6(7)12/h3-6,9-13H,1-2H2. The zero-order chi connectivity index (χ0) is 11.8. The summed E-state index contributed by atoms with van der Waals surface area (Å²) in [6, 6.07) is -1.92. The molecule has 0 aromatic rings. The number of hydrogen-bond donors (Lipinski definition) is 5. The summed E-state index contributed by atoms with van der Waals surface area (Å²) in [5, 5.41) is 56.9. The molecule has 0 aromatic heterocycles. The number of nitro groups is 1. The van der Waals surface area contributed by atoms with Crippen LogP contribution in [-0.2, 0) is 0 Å². The van der Waals surface area contributed by atoms with Crippen LogP contribution in [0.15, 0.2) is 0 Å². The summed E-state index contributed by atoms with van der Waals surface area (Å²) in [6.45, 7) is -1.12. The third-order valence-corrected chi connectivity index (χ3v) is 2.72. The Morgan fingerprint density at radius 3 is 2.27 bits per heavy atom. The van der Waals surface area contributed by atoms with E-state index >= 15 is 0 Å². The fourth-order valence-electron chi connectivity index (χ4n) is 1.86. The first-order valence-electron chi connectivity index (χ1n) is 4.35. The van der Waals surface area contributed by atoms with Gasteiger partial charge in [0.05, 0.1) is 12.7 Å². The maximum Gasteiger partial charge on any atom is 0.271 e. The number of nitrogens with zero attached hydrogens (tertiary/aromatic N) is 1. The van der Waals surface area contributed by atoms with E-state index in [4.69, 9.17) is 5.11 Å². The number of aliphatic hydroxyl groups is 5. The Morgan fingerprint density at radius 2 is 1.87 bits per heavy atom. The van der Waals surface area contributed by atoms with E-state index in [2.05, 4.69) is 0 Å². The fraction of sp³-hybridized carbons (Fsp3) is 1.00. The summed E-state index contributed by atoms with van der Waals surface area (Å²) in [6.07, 6.45) is -5.40. The van der Waals surface area contributed by atoms with Gasteiger partial charge in [-0.05, 0) is 0 Å². The molecular formula is C7H13NO7. The van der Waals surface area contributed by atoms with Crippen molar-refractivity contribution in [2.45, 2.75) is 36.4 Å². The lowest BCUT2D eigenvalue weighted by Gasteiger charge is -2.41. The van der Waals surface area contributed by atoms with Crippen LogP contribution in [0, 0.1) is 10.1 Å². The summed E-state index contributed by atoms with van der Waals surface area (Å²) in [5.74, 6) is 0. The Bertz CT molecular complexity index is 260. The van der Waals surface area contributed by atoms with Crippen molar-refractivity contribution in [1.29, 1.82) is 0 Å². The van der Waals surface area contributed by atoms with Crippen molar-refractivity contribution in [2.75, 3.05) is 6.61 Å². The van der Waals surface area contributed by atoms with Gasteiger partial charge in [0.2, 0.25) is 0 Å². The zero-order valence-electron chi connectivity index (χ0n) is 7.72. The zero-order valence-corrected chi connectivity index (χ0v) is 7.72. The van der Waals surface area contributed by atoms with Crippen LogP contribution in [0.25, 0.3) is 0 Å². The third-order valence-electron chi connectivity index (χ3n) is 2.72. The quantitative estimate of drug-likeness (QED) is 0.245. The summed E-state index contributed by atoms with van der Waals surface area (Å²) in [4.78, 5) is 9.60. The van der Waals surface area contributed by atoms with E-state index in [9.17, 15) is 30.5 Å². The molecule has 1 aliphatic carbocycles. The van der Waals surface area contributed by atoms with E-state index in [1.165, 1.54) is 0 Å². The van der Waals surface area contributed by atoms with Gasteiger partial charge in [-0.3, -0.25) is 10.1 Å². The van der Waals surface area contributed by atoms with Crippen LogP contribution < -0.4 is 0 Å². The van der Waals surface area contributed by atoms with E-state index < -0.39 is 47.9 Å². The van der Waals surface area contributed by atoms with Crippen LogP contribution in [0.5, 0.6) is 0 Å². The molecule has 0 amide bonds. The van der Waals surface area contributed by atoms with Gasteiger partial charge in [-0.25, -0.2) is 0 Å². The summed E-state index contributed by atoms with van der Waals surface area (Å²) >= 11 is 0. The molecule has 1 fully saturated rings. The normalized spacial score (nSPS) is 46.5. The molecule has 0 radical (unpaired) electrons. The minimum Gasteiger partial charge on any atom is -0.393 e. The highest BCUT2D eigenvalue weighted by Crippen LogP contribution is 2.31. The Morgan fingerprint density at radius 1 is 1.33 bits per heavy atom. The van der Waals surface area contributed by atoms with Gasteiger partial charge in [-0.2, -0.15) is 0 Å². The van der Waals surface area contributed by atoms with Crippen molar-refractivity contribution >= 4 is 0 Å². The van der Waals surface area contributed by atoms with Crippen molar-refractivity contribution in [1.82, 2.24) is 0 Å². The van der Waals surface area contributed by atoms with Crippen LogP contribution in [0.1, 0.15) is 6.42 Å². The van der Waals surface area contributed by atoms with Crippen LogP contribution in [-0.4, -0.2) is 67.0 Å². The predicted octanol–water partition coefficient (Wildman–Crippen LogP) is -3.16. The molecule has 0 heterocycles. The van der Waals surface area contributed by atoms with Crippen molar-refractivity contribution in [3.05, 3.63) is 10.1 Å². The second kappa shape index (κ2) is 3.99. The lowest BCUT2D eigenvalue weighted by atomic mass is 9.75. The molecule has 15 heavy (non-hydrogen) atoms. The van der Waals surface area contributed by atoms with Gasteiger partial charge in [-0.15, -0.1) is 0 Å². The van der Waals surface area contributed by atoms with Gasteiger partial charge in [0.15, 0.2) is 5.60 Å². The van der Waals surface area contributed by atoms with E-state index in [1.54, 1.807) is 0 Å². The van der Waals surface area contributed by atoms with Gasteiger partial charge >= 0.3 is 0 Å². The van der Waals surface area contributed by atoms with E-state index in [-0.39, 0.29) is 0 Å². The summed E-state index contributed by atoms with van der Waals surface area (Å²) in [7, 11) is 0. The predicted molar refractivity (Wildman–Crippen MR) is 45.5 cm³/mol. The SMILES string of the molecule is O=[N+]([O-])C1C(O)CC(O)C(O)C1(O)CO. The summed E-state index contributed by atoms with van der Waals surface area (Å²) in [5.41, 5.74) is -2.53. The molecule has 1 saturated carbocycles. The van der Waals surface area contributed by atoms with Gasteiger partial charge in [0, 0.05) is 11.3 Å². The highest BCUT2D eigenvalue weighted by molar-refractivity contribution is 5.04. The van der Waals surface area contributed by atoms with E-state index in [0.717, 1.165) is 0 Å². The monoisotopic (exact) mass is 223 g/mol. The first-order chi connectivity index (χ1) is 6.84. The number of hydrogen-bond acceptors (Lipinski definition) is 7. The maximum atomic E-state index is 10.6. The first-order valence-corrected chi connectivity index (χ1v) is 4.35. The number of rotatable bonds is 2. The Labute approximate surface area is 84.5 Å². The molecular weight excluding hydrogens is 210 g/mol. The van der Waals surface area contributed by atoms with Crippen molar-refractivity contribution in [3.8, 4) is 0 Å². The molecule has 0 spiro atoms. The van der Waals surface area contributed by atoms with Gasteiger partial charge in [0.1, 0.15) is 12.2 Å². The van der Waals surface area contributed by atoms with Gasteiger partial charge < -0.3 is 25.5 Å². The molecule has 8 heteroatoms. The van der Waals surface area contributed by atoms with E-state index in [1.807, 2.05) is 0 Å². The Kier molecular flexibility index (Phi) is 3.26.